The van der Waals surface area contributed by atoms with Crippen LogP contribution in [0.25, 0.3) is 0 Å². The van der Waals surface area contributed by atoms with Crippen LogP contribution in [0.4, 0.5) is 0 Å². The Labute approximate surface area is 111 Å². The highest BCUT2D eigenvalue weighted by Gasteiger charge is 2.30. The largest absolute Gasteiger partial charge is 0.350 e. The van der Waals surface area contributed by atoms with Gasteiger partial charge in [-0.15, -0.1) is 0 Å². The van der Waals surface area contributed by atoms with Crippen LogP contribution in [0, 0.1) is 0 Å². The van der Waals surface area contributed by atoms with Gasteiger partial charge in [-0.05, 0) is 60.0 Å². The summed E-state index contributed by atoms with van der Waals surface area (Å²) in [5.74, 6) is 0.131. The summed E-state index contributed by atoms with van der Waals surface area (Å²) in [7, 11) is 0. The molecule has 106 valence electrons. The van der Waals surface area contributed by atoms with Crippen LogP contribution in [0.1, 0.15) is 53.4 Å². The predicted octanol–water partition coefficient (Wildman–Crippen LogP) is 1.49. The second-order valence-corrected chi connectivity index (χ2v) is 6.38. The zero-order valence-corrected chi connectivity index (χ0v) is 12.3. The molecule has 1 aliphatic rings. The standard InChI is InChI=1S/C14H29N3O/c1-11(13(18)16-14(2,3)4)17-10-6-5-7-12(17)8-9-15/h11-12H,5-10,15H2,1-4H3,(H,16,18). The number of carbonyl (C=O) groups is 1. The Kier molecular flexibility index (Phi) is 5.60. The van der Waals surface area contributed by atoms with Crippen molar-refractivity contribution in [2.45, 2.75) is 71.0 Å². The Morgan fingerprint density at radius 2 is 2.11 bits per heavy atom. The number of rotatable bonds is 4. The zero-order chi connectivity index (χ0) is 13.8. The molecule has 0 radical (unpaired) electrons. The van der Waals surface area contributed by atoms with Crippen LogP contribution in [0.5, 0.6) is 0 Å². The fourth-order valence-electron chi connectivity index (χ4n) is 2.66. The first-order chi connectivity index (χ1) is 8.35. The molecule has 0 aromatic carbocycles. The molecule has 0 spiro atoms. The van der Waals surface area contributed by atoms with E-state index in [1.165, 1.54) is 19.3 Å². The Bertz CT molecular complexity index is 271. The smallest absolute Gasteiger partial charge is 0.237 e. The van der Waals surface area contributed by atoms with Crippen molar-refractivity contribution in [2.24, 2.45) is 5.73 Å². The van der Waals surface area contributed by atoms with Crippen LogP contribution in [0.2, 0.25) is 0 Å². The number of hydrogen-bond acceptors (Lipinski definition) is 3. The van der Waals surface area contributed by atoms with Gasteiger partial charge in [0.05, 0.1) is 6.04 Å². The molecule has 1 saturated heterocycles. The molecule has 4 heteroatoms. The maximum absolute atomic E-state index is 12.2. The van der Waals surface area contributed by atoms with Crippen molar-refractivity contribution < 1.29 is 4.79 Å². The molecule has 1 aliphatic heterocycles. The monoisotopic (exact) mass is 255 g/mol. The van der Waals surface area contributed by atoms with Gasteiger partial charge in [-0.1, -0.05) is 6.42 Å². The summed E-state index contributed by atoms with van der Waals surface area (Å²) in [6.07, 6.45) is 4.61. The minimum atomic E-state index is -0.162. The van der Waals surface area contributed by atoms with Crippen molar-refractivity contribution in [3.8, 4) is 0 Å². The van der Waals surface area contributed by atoms with Gasteiger partial charge in [0, 0.05) is 11.6 Å². The summed E-state index contributed by atoms with van der Waals surface area (Å²) in [6.45, 7) is 9.79. The number of hydrogen-bond donors (Lipinski definition) is 2. The van der Waals surface area contributed by atoms with Gasteiger partial charge < -0.3 is 11.1 Å². The maximum Gasteiger partial charge on any atom is 0.237 e. The number of nitrogens with one attached hydrogen (secondary N) is 1. The summed E-state index contributed by atoms with van der Waals surface area (Å²) >= 11 is 0. The lowest BCUT2D eigenvalue weighted by Gasteiger charge is -2.40. The lowest BCUT2D eigenvalue weighted by Crippen LogP contribution is -2.55. The van der Waals surface area contributed by atoms with Crippen LogP contribution < -0.4 is 11.1 Å². The Morgan fingerprint density at radius 3 is 2.67 bits per heavy atom. The van der Waals surface area contributed by atoms with E-state index < -0.39 is 0 Å². The quantitative estimate of drug-likeness (QED) is 0.800. The molecule has 0 saturated carbocycles. The zero-order valence-electron chi connectivity index (χ0n) is 12.3. The van der Waals surface area contributed by atoms with E-state index in [-0.39, 0.29) is 17.5 Å². The third-order valence-electron chi connectivity index (χ3n) is 3.55. The Hall–Kier alpha value is -0.610. The van der Waals surface area contributed by atoms with Crippen molar-refractivity contribution in [3.05, 3.63) is 0 Å². The highest BCUT2D eigenvalue weighted by molar-refractivity contribution is 5.82. The van der Waals surface area contributed by atoms with Gasteiger partial charge in [-0.2, -0.15) is 0 Å². The molecule has 1 amide bonds. The molecule has 0 aliphatic carbocycles. The fraction of sp³-hybridized carbons (Fsp3) is 0.929. The fourth-order valence-corrected chi connectivity index (χ4v) is 2.66. The lowest BCUT2D eigenvalue weighted by molar-refractivity contribution is -0.128. The molecular formula is C14H29N3O. The van der Waals surface area contributed by atoms with E-state index in [1.807, 2.05) is 27.7 Å². The van der Waals surface area contributed by atoms with Gasteiger partial charge >= 0.3 is 0 Å². The molecule has 0 aromatic rings. The average Bonchev–Trinajstić information content (AvgIpc) is 2.27. The van der Waals surface area contributed by atoms with Crippen LogP contribution in [-0.2, 0) is 4.79 Å². The van der Waals surface area contributed by atoms with Crippen molar-refractivity contribution in [3.63, 3.8) is 0 Å². The van der Waals surface area contributed by atoms with Crippen molar-refractivity contribution in [1.29, 1.82) is 0 Å². The van der Waals surface area contributed by atoms with Gasteiger partial charge in [0.1, 0.15) is 0 Å². The summed E-state index contributed by atoms with van der Waals surface area (Å²) in [6, 6.07) is 0.422. The molecule has 1 fully saturated rings. The van der Waals surface area contributed by atoms with Gasteiger partial charge in [-0.3, -0.25) is 9.69 Å². The number of piperidine rings is 1. The highest BCUT2D eigenvalue weighted by atomic mass is 16.2. The third-order valence-corrected chi connectivity index (χ3v) is 3.55. The summed E-state index contributed by atoms with van der Waals surface area (Å²) < 4.78 is 0. The van der Waals surface area contributed by atoms with E-state index in [0.717, 1.165) is 13.0 Å². The van der Waals surface area contributed by atoms with Crippen LogP contribution in [-0.4, -0.2) is 41.5 Å². The second kappa shape index (κ2) is 6.53. The molecule has 1 heterocycles. The number of nitrogens with zero attached hydrogens (tertiary/aromatic N) is 1. The van der Waals surface area contributed by atoms with Gasteiger partial charge in [0.25, 0.3) is 0 Å². The van der Waals surface area contributed by atoms with E-state index in [0.29, 0.717) is 12.6 Å². The Morgan fingerprint density at radius 1 is 1.44 bits per heavy atom. The topological polar surface area (TPSA) is 58.4 Å². The maximum atomic E-state index is 12.2. The van der Waals surface area contributed by atoms with E-state index in [1.54, 1.807) is 0 Å². The van der Waals surface area contributed by atoms with Crippen molar-refractivity contribution in [1.82, 2.24) is 10.2 Å². The number of carbonyl (C=O) groups excluding carboxylic acids is 1. The van der Waals surface area contributed by atoms with Crippen molar-refractivity contribution in [2.75, 3.05) is 13.1 Å². The molecule has 2 atom stereocenters. The van der Waals surface area contributed by atoms with Crippen molar-refractivity contribution >= 4 is 5.91 Å². The molecule has 0 bridgehead atoms. The van der Waals surface area contributed by atoms with Gasteiger partial charge in [0.2, 0.25) is 5.91 Å². The second-order valence-electron chi connectivity index (χ2n) is 6.38. The van der Waals surface area contributed by atoms with Gasteiger partial charge in [-0.25, -0.2) is 0 Å². The number of amides is 1. The molecule has 3 N–H and O–H groups in total. The third kappa shape index (κ3) is 4.58. The highest BCUT2D eigenvalue weighted by Crippen LogP contribution is 2.22. The van der Waals surface area contributed by atoms with E-state index in [2.05, 4.69) is 10.2 Å². The molecular weight excluding hydrogens is 226 g/mol. The number of nitrogens with two attached hydrogens (primary N) is 1. The molecule has 0 aromatic heterocycles. The summed E-state index contributed by atoms with van der Waals surface area (Å²) in [4.78, 5) is 14.6. The van der Waals surface area contributed by atoms with E-state index in [4.69, 9.17) is 5.73 Å². The first-order valence-corrected chi connectivity index (χ1v) is 7.13. The summed E-state index contributed by atoms with van der Waals surface area (Å²) in [5.41, 5.74) is 5.51. The average molecular weight is 255 g/mol. The normalized spacial score (nSPS) is 23.7. The van der Waals surface area contributed by atoms with Crippen LogP contribution in [0.3, 0.4) is 0 Å². The first-order valence-electron chi connectivity index (χ1n) is 7.13. The Balaban J connectivity index is 2.62. The molecule has 4 nitrogen and oxygen atoms in total. The SMILES string of the molecule is CC(C(=O)NC(C)(C)C)N1CCCCC1CCN. The minimum Gasteiger partial charge on any atom is -0.350 e. The summed E-state index contributed by atoms with van der Waals surface area (Å²) in [5, 5.41) is 3.07. The van der Waals surface area contributed by atoms with E-state index >= 15 is 0 Å². The first kappa shape index (κ1) is 15.4. The lowest BCUT2D eigenvalue weighted by atomic mass is 9.97. The minimum absolute atomic E-state index is 0.0546. The van der Waals surface area contributed by atoms with Crippen LogP contribution in [0.15, 0.2) is 0 Å². The molecule has 2 unspecified atom stereocenters. The van der Waals surface area contributed by atoms with Crippen LogP contribution >= 0.6 is 0 Å². The molecule has 18 heavy (non-hydrogen) atoms. The number of likely N-dealkylation sites (tertiary alicyclic amines) is 1. The van der Waals surface area contributed by atoms with Gasteiger partial charge in [0.15, 0.2) is 0 Å². The predicted molar refractivity (Wildman–Crippen MR) is 75.4 cm³/mol. The van der Waals surface area contributed by atoms with E-state index in [9.17, 15) is 4.79 Å². The molecule has 1 rings (SSSR count).